The zero-order valence-electron chi connectivity index (χ0n) is 12.1. The molecule has 0 amide bonds. The Labute approximate surface area is 129 Å². The van der Waals surface area contributed by atoms with Crippen LogP contribution in [0.15, 0.2) is 40.9 Å². The summed E-state index contributed by atoms with van der Waals surface area (Å²) in [5.74, 6) is 2.17. The highest BCUT2D eigenvalue weighted by atomic mass is 79.9. The number of hydrogen-bond acceptors (Lipinski definition) is 2. The molecule has 2 aromatic rings. The number of rotatable bonds is 4. The predicted octanol–water partition coefficient (Wildman–Crippen LogP) is 5.13. The van der Waals surface area contributed by atoms with E-state index in [9.17, 15) is 0 Å². The van der Waals surface area contributed by atoms with Crippen LogP contribution in [0.4, 0.5) is 0 Å². The van der Waals surface area contributed by atoms with Gasteiger partial charge in [-0.3, -0.25) is 0 Å². The normalized spacial score (nSPS) is 10.9. The van der Waals surface area contributed by atoms with Crippen molar-refractivity contribution in [3.05, 3.63) is 57.6 Å². The number of hydrogen-bond donors (Lipinski definition) is 1. The second kappa shape index (κ2) is 6.42. The van der Waals surface area contributed by atoms with Gasteiger partial charge in [0.1, 0.15) is 11.5 Å². The van der Waals surface area contributed by atoms with Gasteiger partial charge < -0.3 is 10.5 Å². The van der Waals surface area contributed by atoms with E-state index in [4.69, 9.17) is 10.5 Å². The summed E-state index contributed by atoms with van der Waals surface area (Å²) >= 11 is 3.51. The largest absolute Gasteiger partial charge is 0.457 e. The third kappa shape index (κ3) is 3.41. The monoisotopic (exact) mass is 333 g/mol. The fourth-order valence-corrected chi connectivity index (χ4v) is 2.53. The molecule has 0 radical (unpaired) electrons. The van der Waals surface area contributed by atoms with Crippen LogP contribution in [-0.2, 0) is 6.54 Å². The van der Waals surface area contributed by atoms with Gasteiger partial charge in [-0.1, -0.05) is 35.8 Å². The van der Waals surface area contributed by atoms with Crippen LogP contribution in [0.3, 0.4) is 0 Å². The van der Waals surface area contributed by atoms with E-state index in [1.54, 1.807) is 0 Å². The summed E-state index contributed by atoms with van der Waals surface area (Å²) in [6.07, 6.45) is 0. The molecule has 0 aliphatic heterocycles. The van der Waals surface area contributed by atoms with Crippen molar-refractivity contribution in [2.45, 2.75) is 33.2 Å². The molecular weight excluding hydrogens is 314 g/mol. The third-order valence-electron chi connectivity index (χ3n) is 3.36. The molecule has 0 aliphatic carbocycles. The van der Waals surface area contributed by atoms with Crippen molar-refractivity contribution in [2.75, 3.05) is 0 Å². The number of aryl methyl sites for hydroxylation is 1. The van der Waals surface area contributed by atoms with Gasteiger partial charge in [0.25, 0.3) is 0 Å². The van der Waals surface area contributed by atoms with Gasteiger partial charge in [0, 0.05) is 11.0 Å². The minimum absolute atomic E-state index is 0.409. The molecule has 20 heavy (non-hydrogen) atoms. The quantitative estimate of drug-likeness (QED) is 0.841. The van der Waals surface area contributed by atoms with E-state index in [1.807, 2.05) is 30.3 Å². The summed E-state index contributed by atoms with van der Waals surface area (Å²) in [7, 11) is 0. The highest BCUT2D eigenvalue weighted by Gasteiger charge is 2.10. The lowest BCUT2D eigenvalue weighted by atomic mass is 10.0. The van der Waals surface area contributed by atoms with Crippen molar-refractivity contribution in [1.29, 1.82) is 0 Å². The van der Waals surface area contributed by atoms with Gasteiger partial charge >= 0.3 is 0 Å². The maximum absolute atomic E-state index is 6.04. The average molecular weight is 334 g/mol. The first kappa shape index (κ1) is 15.1. The second-order valence-electron chi connectivity index (χ2n) is 5.23. The summed E-state index contributed by atoms with van der Waals surface area (Å²) in [6.45, 7) is 6.94. The van der Waals surface area contributed by atoms with Crippen molar-refractivity contribution < 1.29 is 4.74 Å². The van der Waals surface area contributed by atoms with Crippen molar-refractivity contribution in [1.82, 2.24) is 0 Å². The standard InChI is InChI=1S/C17H20BrNO/c1-11(2)16-9-14(18)5-7-17(16)20-15-6-4-13(10-19)12(3)8-15/h4-9,11H,10,19H2,1-3H3. The molecule has 106 valence electrons. The molecule has 2 N–H and O–H groups in total. The van der Waals surface area contributed by atoms with E-state index in [2.05, 4.69) is 42.8 Å². The maximum Gasteiger partial charge on any atom is 0.130 e. The van der Waals surface area contributed by atoms with Gasteiger partial charge in [-0.2, -0.15) is 0 Å². The molecule has 0 fully saturated rings. The van der Waals surface area contributed by atoms with Crippen molar-refractivity contribution >= 4 is 15.9 Å². The first-order valence-corrected chi connectivity index (χ1v) is 7.57. The van der Waals surface area contributed by atoms with E-state index >= 15 is 0 Å². The van der Waals surface area contributed by atoms with Gasteiger partial charge in [0.2, 0.25) is 0 Å². The van der Waals surface area contributed by atoms with E-state index in [1.165, 1.54) is 5.56 Å². The number of ether oxygens (including phenoxy) is 1. The van der Waals surface area contributed by atoms with Crippen LogP contribution in [0.5, 0.6) is 11.5 Å². The van der Waals surface area contributed by atoms with E-state index in [0.29, 0.717) is 12.5 Å². The Kier molecular flexibility index (Phi) is 4.84. The van der Waals surface area contributed by atoms with Gasteiger partial charge in [-0.05, 0) is 59.9 Å². The molecule has 2 rings (SSSR count). The van der Waals surface area contributed by atoms with Crippen LogP contribution in [0.25, 0.3) is 0 Å². The molecule has 0 heterocycles. The average Bonchev–Trinajstić information content (AvgIpc) is 2.41. The molecule has 0 unspecified atom stereocenters. The molecule has 0 aliphatic rings. The highest BCUT2D eigenvalue weighted by molar-refractivity contribution is 9.10. The van der Waals surface area contributed by atoms with Crippen molar-refractivity contribution in [2.24, 2.45) is 5.73 Å². The Morgan fingerprint density at radius 2 is 1.90 bits per heavy atom. The van der Waals surface area contributed by atoms with Gasteiger partial charge in [0.05, 0.1) is 0 Å². The number of nitrogens with two attached hydrogens (primary N) is 1. The molecule has 0 atom stereocenters. The Bertz CT molecular complexity index is 608. The van der Waals surface area contributed by atoms with Gasteiger partial charge in [-0.25, -0.2) is 0 Å². The van der Waals surface area contributed by atoms with E-state index in [-0.39, 0.29) is 0 Å². The molecule has 0 aromatic heterocycles. The molecule has 2 aromatic carbocycles. The predicted molar refractivity (Wildman–Crippen MR) is 87.4 cm³/mol. The molecule has 0 saturated carbocycles. The highest BCUT2D eigenvalue weighted by Crippen LogP contribution is 2.33. The number of benzene rings is 2. The van der Waals surface area contributed by atoms with Crippen molar-refractivity contribution in [3.8, 4) is 11.5 Å². The van der Waals surface area contributed by atoms with Crippen LogP contribution in [0, 0.1) is 6.92 Å². The first-order chi connectivity index (χ1) is 9.51. The van der Waals surface area contributed by atoms with Crippen LogP contribution >= 0.6 is 15.9 Å². The van der Waals surface area contributed by atoms with Gasteiger partial charge in [0.15, 0.2) is 0 Å². The zero-order chi connectivity index (χ0) is 14.7. The molecule has 2 nitrogen and oxygen atoms in total. The molecule has 0 saturated heterocycles. The maximum atomic E-state index is 6.04. The summed E-state index contributed by atoms with van der Waals surface area (Å²) < 4.78 is 7.12. The Morgan fingerprint density at radius 3 is 2.50 bits per heavy atom. The fraction of sp³-hybridized carbons (Fsp3) is 0.294. The SMILES string of the molecule is Cc1cc(Oc2ccc(Br)cc2C(C)C)ccc1CN. The molecule has 3 heteroatoms. The lowest BCUT2D eigenvalue weighted by Gasteiger charge is -2.15. The van der Waals surface area contributed by atoms with E-state index < -0.39 is 0 Å². The molecular formula is C17H20BrNO. The van der Waals surface area contributed by atoms with Crippen molar-refractivity contribution in [3.63, 3.8) is 0 Å². The van der Waals surface area contributed by atoms with Crippen LogP contribution in [0.1, 0.15) is 36.5 Å². The topological polar surface area (TPSA) is 35.2 Å². The first-order valence-electron chi connectivity index (χ1n) is 6.78. The molecule has 0 spiro atoms. The Balaban J connectivity index is 2.32. The van der Waals surface area contributed by atoms with Crippen LogP contribution in [0.2, 0.25) is 0 Å². The lowest BCUT2D eigenvalue weighted by Crippen LogP contribution is -1.99. The zero-order valence-corrected chi connectivity index (χ0v) is 13.7. The Hall–Kier alpha value is -1.32. The summed E-state index contributed by atoms with van der Waals surface area (Å²) in [6, 6.07) is 12.2. The van der Waals surface area contributed by atoms with Crippen LogP contribution in [-0.4, -0.2) is 0 Å². The Morgan fingerprint density at radius 1 is 1.15 bits per heavy atom. The smallest absolute Gasteiger partial charge is 0.130 e. The van der Waals surface area contributed by atoms with Crippen LogP contribution < -0.4 is 10.5 Å². The summed E-state index contributed by atoms with van der Waals surface area (Å²) in [5, 5.41) is 0. The summed E-state index contributed by atoms with van der Waals surface area (Å²) in [5.41, 5.74) is 9.19. The minimum Gasteiger partial charge on any atom is -0.457 e. The fourth-order valence-electron chi connectivity index (χ4n) is 2.15. The van der Waals surface area contributed by atoms with Gasteiger partial charge in [-0.15, -0.1) is 0 Å². The second-order valence-corrected chi connectivity index (χ2v) is 6.15. The lowest BCUT2D eigenvalue weighted by molar-refractivity contribution is 0.472. The number of halogens is 1. The molecule has 0 bridgehead atoms. The summed E-state index contributed by atoms with van der Waals surface area (Å²) in [4.78, 5) is 0. The third-order valence-corrected chi connectivity index (χ3v) is 3.85. The van der Waals surface area contributed by atoms with E-state index in [0.717, 1.165) is 27.1 Å². The minimum atomic E-state index is 0.409.